The first-order chi connectivity index (χ1) is 15.2. The molecule has 0 saturated carbocycles. The predicted octanol–water partition coefficient (Wildman–Crippen LogP) is 3.37. The number of aliphatic hydroxyl groups is 1. The molecule has 1 aliphatic rings. The van der Waals surface area contributed by atoms with Gasteiger partial charge in [0.1, 0.15) is 11.5 Å². The molecule has 1 atom stereocenters. The van der Waals surface area contributed by atoms with Crippen molar-refractivity contribution in [1.82, 2.24) is 10.2 Å². The Hall–Kier alpha value is -3.64. The molecule has 7 nitrogen and oxygen atoms in total. The Bertz CT molecular complexity index is 1080. The third-order valence-electron chi connectivity index (χ3n) is 5.10. The second-order valence-corrected chi connectivity index (χ2v) is 7.31. The van der Waals surface area contributed by atoms with Gasteiger partial charge in [-0.3, -0.25) is 4.79 Å². The summed E-state index contributed by atoms with van der Waals surface area (Å²) in [5, 5.41) is 22.4. The molecule has 1 aliphatic heterocycles. The number of amides is 1. The summed E-state index contributed by atoms with van der Waals surface area (Å²) in [5.41, 5.74) is 0.912. The SMILES string of the molecule is COc1ccc(CN2CNC(C(C)O)=C(Oc3cc(C(F)F)cc(C#N)c3C)C2=O)cc1. The van der Waals surface area contributed by atoms with Crippen LogP contribution in [-0.2, 0) is 11.3 Å². The molecule has 1 heterocycles. The first-order valence-electron chi connectivity index (χ1n) is 9.84. The van der Waals surface area contributed by atoms with Gasteiger partial charge in [0, 0.05) is 17.7 Å². The van der Waals surface area contributed by atoms with Crippen LogP contribution in [0.15, 0.2) is 47.9 Å². The summed E-state index contributed by atoms with van der Waals surface area (Å²) in [7, 11) is 1.56. The highest BCUT2D eigenvalue weighted by Crippen LogP contribution is 2.32. The third-order valence-corrected chi connectivity index (χ3v) is 5.10. The number of ether oxygens (including phenoxy) is 2. The number of aliphatic hydroxyl groups excluding tert-OH is 1. The molecule has 2 N–H and O–H groups in total. The van der Waals surface area contributed by atoms with Crippen LogP contribution in [0.4, 0.5) is 8.78 Å². The van der Waals surface area contributed by atoms with Crippen molar-refractivity contribution >= 4 is 5.91 Å². The van der Waals surface area contributed by atoms with E-state index >= 15 is 0 Å². The third kappa shape index (κ3) is 4.81. The number of hydrogen-bond donors (Lipinski definition) is 2. The molecule has 0 aliphatic carbocycles. The van der Waals surface area contributed by atoms with E-state index in [2.05, 4.69) is 5.32 Å². The van der Waals surface area contributed by atoms with Crippen LogP contribution in [0.2, 0.25) is 0 Å². The number of hydrogen-bond acceptors (Lipinski definition) is 6. The molecule has 1 amide bonds. The first-order valence-corrected chi connectivity index (χ1v) is 9.84. The highest BCUT2D eigenvalue weighted by Gasteiger charge is 2.32. The summed E-state index contributed by atoms with van der Waals surface area (Å²) in [5.74, 6) is -0.0946. The Kier molecular flexibility index (Phi) is 6.95. The van der Waals surface area contributed by atoms with E-state index in [4.69, 9.17) is 9.47 Å². The summed E-state index contributed by atoms with van der Waals surface area (Å²) < 4.78 is 37.5. The molecule has 0 fully saturated rings. The lowest BCUT2D eigenvalue weighted by Crippen LogP contribution is -2.47. The number of halogens is 2. The molecule has 9 heteroatoms. The normalized spacial score (nSPS) is 14.8. The van der Waals surface area contributed by atoms with Gasteiger partial charge in [-0.25, -0.2) is 8.78 Å². The van der Waals surface area contributed by atoms with Gasteiger partial charge >= 0.3 is 0 Å². The monoisotopic (exact) mass is 443 g/mol. The van der Waals surface area contributed by atoms with Crippen molar-refractivity contribution in [3.63, 3.8) is 0 Å². The van der Waals surface area contributed by atoms with Gasteiger partial charge in [0.25, 0.3) is 12.3 Å². The largest absolute Gasteiger partial charge is 0.497 e. The van der Waals surface area contributed by atoms with E-state index in [1.807, 2.05) is 18.2 Å². The molecule has 0 spiro atoms. The van der Waals surface area contributed by atoms with Gasteiger partial charge in [-0.15, -0.1) is 0 Å². The maximum atomic E-state index is 13.3. The smallest absolute Gasteiger partial charge is 0.293 e. The van der Waals surface area contributed by atoms with E-state index in [1.165, 1.54) is 11.8 Å². The number of benzene rings is 2. The molecule has 0 aromatic heterocycles. The van der Waals surface area contributed by atoms with Gasteiger partial charge in [0.05, 0.1) is 37.2 Å². The molecule has 168 valence electrons. The molecule has 3 rings (SSSR count). The summed E-state index contributed by atoms with van der Waals surface area (Å²) in [6.07, 6.45) is -3.88. The topological polar surface area (TPSA) is 94.8 Å². The number of nitriles is 1. The fourth-order valence-corrected chi connectivity index (χ4v) is 3.27. The Balaban J connectivity index is 1.94. The molecule has 0 saturated heterocycles. The molecular weight excluding hydrogens is 420 g/mol. The average Bonchev–Trinajstić information content (AvgIpc) is 2.77. The van der Waals surface area contributed by atoms with Crippen molar-refractivity contribution < 1.29 is 28.2 Å². The maximum absolute atomic E-state index is 13.3. The number of nitrogens with one attached hydrogen (secondary N) is 1. The van der Waals surface area contributed by atoms with Gasteiger partial charge in [-0.2, -0.15) is 5.26 Å². The van der Waals surface area contributed by atoms with Crippen LogP contribution in [0.1, 0.15) is 35.6 Å². The quantitative estimate of drug-likeness (QED) is 0.681. The Labute approximate surface area is 184 Å². The van der Waals surface area contributed by atoms with E-state index in [0.717, 1.165) is 17.7 Å². The van der Waals surface area contributed by atoms with E-state index in [1.54, 1.807) is 26.2 Å². The van der Waals surface area contributed by atoms with E-state index < -0.39 is 24.0 Å². The Morgan fingerprint density at radius 1 is 1.28 bits per heavy atom. The fraction of sp³-hybridized carbons (Fsp3) is 0.304. The maximum Gasteiger partial charge on any atom is 0.293 e. The van der Waals surface area contributed by atoms with Crippen LogP contribution in [0, 0.1) is 18.3 Å². The number of alkyl halides is 2. The van der Waals surface area contributed by atoms with Gasteiger partial charge in [-0.05, 0) is 43.7 Å². The highest BCUT2D eigenvalue weighted by molar-refractivity contribution is 5.93. The predicted molar refractivity (Wildman–Crippen MR) is 112 cm³/mol. The van der Waals surface area contributed by atoms with Gasteiger partial charge in [0.2, 0.25) is 5.76 Å². The number of rotatable bonds is 7. The van der Waals surface area contributed by atoms with E-state index in [-0.39, 0.29) is 36.0 Å². The van der Waals surface area contributed by atoms with Crippen molar-refractivity contribution in [2.75, 3.05) is 13.8 Å². The van der Waals surface area contributed by atoms with Crippen LogP contribution >= 0.6 is 0 Å². The van der Waals surface area contributed by atoms with Crippen molar-refractivity contribution in [3.05, 3.63) is 70.1 Å². The minimum absolute atomic E-state index is 0.0169. The van der Waals surface area contributed by atoms with Crippen molar-refractivity contribution in [2.45, 2.75) is 32.9 Å². The zero-order chi connectivity index (χ0) is 23.4. The average molecular weight is 443 g/mol. The summed E-state index contributed by atoms with van der Waals surface area (Å²) in [4.78, 5) is 14.7. The standard InChI is InChI=1S/C23H23F2N3O4/c1-13-17(10-26)8-16(22(24)25)9-19(13)32-21-20(14(2)29)27-12-28(23(21)30)11-15-4-6-18(31-3)7-5-15/h4-9,14,22,27,29H,11-12H2,1-3H3. The van der Waals surface area contributed by atoms with Crippen LogP contribution in [0.3, 0.4) is 0 Å². The lowest BCUT2D eigenvalue weighted by Gasteiger charge is -2.32. The lowest BCUT2D eigenvalue weighted by atomic mass is 10.0. The highest BCUT2D eigenvalue weighted by atomic mass is 19.3. The minimum atomic E-state index is -2.82. The summed E-state index contributed by atoms with van der Waals surface area (Å²) in [6, 6.07) is 11.2. The van der Waals surface area contributed by atoms with Crippen LogP contribution < -0.4 is 14.8 Å². The molecule has 2 aromatic carbocycles. The van der Waals surface area contributed by atoms with Gasteiger partial charge in [0.15, 0.2) is 0 Å². The Morgan fingerprint density at radius 3 is 2.53 bits per heavy atom. The molecule has 1 unspecified atom stereocenters. The molecule has 32 heavy (non-hydrogen) atoms. The number of carbonyl (C=O) groups is 1. The zero-order valence-corrected chi connectivity index (χ0v) is 17.9. The van der Waals surface area contributed by atoms with Crippen LogP contribution in [-0.4, -0.2) is 35.8 Å². The van der Waals surface area contributed by atoms with Crippen molar-refractivity contribution in [2.24, 2.45) is 0 Å². The molecular formula is C23H23F2N3O4. The zero-order valence-electron chi connectivity index (χ0n) is 17.9. The number of methoxy groups -OCH3 is 1. The lowest BCUT2D eigenvalue weighted by molar-refractivity contribution is -0.131. The van der Waals surface area contributed by atoms with E-state index in [9.17, 15) is 23.9 Å². The minimum Gasteiger partial charge on any atom is -0.497 e. The number of carbonyl (C=O) groups excluding carboxylic acids is 1. The summed E-state index contributed by atoms with van der Waals surface area (Å²) in [6.45, 7) is 3.37. The van der Waals surface area contributed by atoms with E-state index in [0.29, 0.717) is 11.3 Å². The molecule has 2 aromatic rings. The van der Waals surface area contributed by atoms with Crippen molar-refractivity contribution in [3.8, 4) is 17.6 Å². The van der Waals surface area contributed by atoms with Crippen LogP contribution in [0.25, 0.3) is 0 Å². The first kappa shape index (κ1) is 23.0. The van der Waals surface area contributed by atoms with Gasteiger partial charge in [-0.1, -0.05) is 12.1 Å². The van der Waals surface area contributed by atoms with Gasteiger partial charge < -0.3 is 24.8 Å². The number of nitrogens with zero attached hydrogens (tertiary/aromatic N) is 2. The Morgan fingerprint density at radius 2 is 1.97 bits per heavy atom. The summed E-state index contributed by atoms with van der Waals surface area (Å²) >= 11 is 0. The molecule has 0 radical (unpaired) electrons. The van der Waals surface area contributed by atoms with Crippen LogP contribution in [0.5, 0.6) is 11.5 Å². The second-order valence-electron chi connectivity index (χ2n) is 7.31. The fourth-order valence-electron chi connectivity index (χ4n) is 3.27. The molecule has 0 bridgehead atoms. The van der Waals surface area contributed by atoms with Crippen molar-refractivity contribution in [1.29, 1.82) is 5.26 Å². The second kappa shape index (κ2) is 9.66.